The third-order valence-corrected chi connectivity index (χ3v) is 5.86. The van der Waals surface area contributed by atoms with Gasteiger partial charge in [0.2, 0.25) is 5.91 Å². The first-order valence-electron chi connectivity index (χ1n) is 9.72. The monoisotopic (exact) mass is 363 g/mol. The number of carbonyl (C=O) groups is 2. The molecule has 0 unspecified atom stereocenters. The number of nitrogens with zero attached hydrogens (tertiary/aromatic N) is 3. The van der Waals surface area contributed by atoms with Crippen LogP contribution in [0.3, 0.4) is 0 Å². The van der Waals surface area contributed by atoms with Crippen LogP contribution in [0.4, 0.5) is 0 Å². The second-order valence-electron chi connectivity index (χ2n) is 7.43. The van der Waals surface area contributed by atoms with E-state index >= 15 is 0 Å². The van der Waals surface area contributed by atoms with Crippen LogP contribution >= 0.6 is 0 Å². The highest BCUT2D eigenvalue weighted by Crippen LogP contribution is 2.42. The Hall–Kier alpha value is -2.69. The Bertz CT molecular complexity index is 809. The van der Waals surface area contributed by atoms with Gasteiger partial charge in [0.15, 0.2) is 0 Å². The van der Waals surface area contributed by atoms with Gasteiger partial charge in [-0.25, -0.2) is 0 Å². The highest BCUT2D eigenvalue weighted by molar-refractivity contribution is 5.93. The van der Waals surface area contributed by atoms with Gasteiger partial charge in [0.25, 0.3) is 5.91 Å². The molecule has 0 radical (unpaired) electrons. The van der Waals surface area contributed by atoms with Crippen LogP contribution in [0.15, 0.2) is 54.7 Å². The summed E-state index contributed by atoms with van der Waals surface area (Å²) in [5.74, 6) is 0.0631. The summed E-state index contributed by atoms with van der Waals surface area (Å²) in [5.41, 5.74) is 1.59. The minimum atomic E-state index is -0.0395. The van der Waals surface area contributed by atoms with E-state index in [2.05, 4.69) is 17.1 Å². The molecule has 0 N–H and O–H groups in total. The zero-order valence-electron chi connectivity index (χ0n) is 15.6. The van der Waals surface area contributed by atoms with Gasteiger partial charge in [-0.1, -0.05) is 36.4 Å². The fraction of sp³-hybridized carbons (Fsp3) is 0.409. The summed E-state index contributed by atoms with van der Waals surface area (Å²) in [4.78, 5) is 34.0. The summed E-state index contributed by atoms with van der Waals surface area (Å²) in [7, 11) is 0. The quantitative estimate of drug-likeness (QED) is 0.821. The summed E-state index contributed by atoms with van der Waals surface area (Å²) >= 11 is 0. The molecule has 140 valence electrons. The Morgan fingerprint density at radius 2 is 1.78 bits per heavy atom. The normalized spacial score (nSPS) is 25.0. The zero-order chi connectivity index (χ0) is 18.8. The minimum absolute atomic E-state index is 0.0318. The number of rotatable bonds is 2. The number of hydrogen-bond acceptors (Lipinski definition) is 3. The van der Waals surface area contributed by atoms with E-state index in [9.17, 15) is 9.59 Å². The van der Waals surface area contributed by atoms with Gasteiger partial charge in [-0.15, -0.1) is 0 Å². The van der Waals surface area contributed by atoms with Crippen LogP contribution in [-0.4, -0.2) is 45.2 Å². The van der Waals surface area contributed by atoms with E-state index in [1.165, 1.54) is 0 Å². The largest absolute Gasteiger partial charge is 0.338 e. The van der Waals surface area contributed by atoms with Crippen molar-refractivity contribution in [3.63, 3.8) is 0 Å². The first-order chi connectivity index (χ1) is 13.2. The van der Waals surface area contributed by atoms with E-state index in [-0.39, 0.29) is 29.9 Å². The van der Waals surface area contributed by atoms with Gasteiger partial charge in [-0.2, -0.15) is 0 Å². The van der Waals surface area contributed by atoms with Crippen LogP contribution in [0.2, 0.25) is 0 Å². The van der Waals surface area contributed by atoms with Gasteiger partial charge in [-0.3, -0.25) is 14.6 Å². The molecule has 2 aliphatic heterocycles. The van der Waals surface area contributed by atoms with E-state index in [1.54, 1.807) is 19.2 Å². The van der Waals surface area contributed by atoms with Crippen LogP contribution in [0, 0.1) is 0 Å². The minimum Gasteiger partial charge on any atom is -0.338 e. The van der Waals surface area contributed by atoms with E-state index < -0.39 is 0 Å². The van der Waals surface area contributed by atoms with Crippen molar-refractivity contribution in [1.29, 1.82) is 0 Å². The molecular formula is C22H25N3O2. The summed E-state index contributed by atoms with van der Waals surface area (Å²) in [5, 5.41) is 0. The van der Waals surface area contributed by atoms with Crippen LogP contribution in [-0.2, 0) is 4.79 Å². The van der Waals surface area contributed by atoms with E-state index in [4.69, 9.17) is 0 Å². The molecule has 0 aliphatic carbocycles. The Balaban J connectivity index is 1.75. The van der Waals surface area contributed by atoms with Crippen molar-refractivity contribution < 1.29 is 9.59 Å². The predicted octanol–water partition coefficient (Wildman–Crippen LogP) is 3.44. The maximum atomic E-state index is 13.4. The molecule has 0 saturated carbocycles. The molecule has 27 heavy (non-hydrogen) atoms. The SMILES string of the molecule is CC(=O)N1CCCC[C@H]2[C@H]1C[C@@H](c1ccccc1)N2C(=O)c1ccccn1. The molecule has 0 spiro atoms. The second-order valence-corrected chi connectivity index (χ2v) is 7.43. The van der Waals surface area contributed by atoms with Crippen molar-refractivity contribution >= 4 is 11.8 Å². The number of aromatic nitrogens is 1. The van der Waals surface area contributed by atoms with Crippen LogP contribution < -0.4 is 0 Å². The summed E-state index contributed by atoms with van der Waals surface area (Å²) in [6.07, 6.45) is 5.39. The number of hydrogen-bond donors (Lipinski definition) is 0. The van der Waals surface area contributed by atoms with E-state index in [1.807, 2.05) is 40.1 Å². The van der Waals surface area contributed by atoms with Crippen molar-refractivity contribution in [3.8, 4) is 0 Å². The lowest BCUT2D eigenvalue weighted by Gasteiger charge is -2.33. The summed E-state index contributed by atoms with van der Waals surface area (Å²) in [6, 6.07) is 15.7. The van der Waals surface area contributed by atoms with Crippen molar-refractivity contribution in [3.05, 3.63) is 66.0 Å². The number of pyridine rings is 1. The maximum absolute atomic E-state index is 13.4. The lowest BCUT2D eigenvalue weighted by Crippen LogP contribution is -2.47. The third kappa shape index (κ3) is 3.34. The first kappa shape index (κ1) is 17.7. The van der Waals surface area contributed by atoms with Gasteiger partial charge >= 0.3 is 0 Å². The Kier molecular flexibility index (Phi) is 4.92. The van der Waals surface area contributed by atoms with E-state index in [0.717, 1.165) is 37.8 Å². The van der Waals surface area contributed by atoms with Gasteiger partial charge in [0.1, 0.15) is 5.69 Å². The molecule has 1 aromatic heterocycles. The fourth-order valence-electron chi connectivity index (χ4n) is 4.66. The Labute approximate surface area is 160 Å². The van der Waals surface area contributed by atoms with Crippen LogP contribution in [0.25, 0.3) is 0 Å². The lowest BCUT2D eigenvalue weighted by atomic mass is 10.0. The topological polar surface area (TPSA) is 53.5 Å². The maximum Gasteiger partial charge on any atom is 0.273 e. The van der Waals surface area contributed by atoms with Gasteiger partial charge < -0.3 is 9.80 Å². The van der Waals surface area contributed by atoms with Crippen molar-refractivity contribution in [2.24, 2.45) is 0 Å². The van der Waals surface area contributed by atoms with Crippen molar-refractivity contribution in [2.75, 3.05) is 6.54 Å². The van der Waals surface area contributed by atoms with Crippen molar-refractivity contribution in [1.82, 2.24) is 14.8 Å². The molecule has 3 heterocycles. The first-order valence-corrected chi connectivity index (χ1v) is 9.72. The highest BCUT2D eigenvalue weighted by Gasteiger charge is 2.48. The molecule has 2 aliphatic rings. The molecule has 2 amide bonds. The Morgan fingerprint density at radius 3 is 2.48 bits per heavy atom. The molecule has 0 bridgehead atoms. The number of amides is 2. The van der Waals surface area contributed by atoms with Crippen LogP contribution in [0.1, 0.15) is 54.7 Å². The number of carbonyl (C=O) groups excluding carboxylic acids is 2. The molecule has 2 saturated heterocycles. The average molecular weight is 363 g/mol. The molecular weight excluding hydrogens is 338 g/mol. The smallest absolute Gasteiger partial charge is 0.273 e. The molecule has 4 rings (SSSR count). The number of fused-ring (bicyclic) bond motifs is 1. The predicted molar refractivity (Wildman–Crippen MR) is 103 cm³/mol. The molecule has 1 aromatic carbocycles. The third-order valence-electron chi connectivity index (χ3n) is 5.86. The zero-order valence-corrected chi connectivity index (χ0v) is 15.6. The standard InChI is InChI=1S/C22H25N3O2/c1-16(26)24-14-8-6-12-19-21(24)15-20(17-9-3-2-4-10-17)25(19)22(27)18-11-5-7-13-23-18/h2-5,7,9-11,13,19-21H,6,8,12,14-15H2,1H3/t19-,20-,21+/m0/s1. The Morgan fingerprint density at radius 1 is 1.00 bits per heavy atom. The number of benzene rings is 1. The fourth-order valence-corrected chi connectivity index (χ4v) is 4.66. The van der Waals surface area contributed by atoms with Crippen LogP contribution in [0.5, 0.6) is 0 Å². The lowest BCUT2D eigenvalue weighted by molar-refractivity contribution is -0.131. The molecule has 5 heteroatoms. The summed E-state index contributed by atoms with van der Waals surface area (Å²) < 4.78 is 0. The molecule has 2 aromatic rings. The molecule has 2 fully saturated rings. The molecule has 5 nitrogen and oxygen atoms in total. The average Bonchev–Trinajstić information content (AvgIpc) is 2.94. The molecule has 3 atom stereocenters. The van der Waals surface area contributed by atoms with Gasteiger partial charge in [-0.05, 0) is 43.4 Å². The second kappa shape index (κ2) is 7.51. The highest BCUT2D eigenvalue weighted by atomic mass is 16.2. The van der Waals surface area contributed by atoms with E-state index in [0.29, 0.717) is 5.69 Å². The van der Waals surface area contributed by atoms with Gasteiger partial charge in [0, 0.05) is 19.7 Å². The number of likely N-dealkylation sites (tertiary alicyclic amines) is 2. The van der Waals surface area contributed by atoms with Gasteiger partial charge in [0.05, 0.1) is 18.1 Å². The summed E-state index contributed by atoms with van der Waals surface area (Å²) in [6.45, 7) is 2.42. The van der Waals surface area contributed by atoms with Crippen molar-refractivity contribution in [2.45, 2.75) is 50.7 Å².